The smallest absolute Gasteiger partial charge is 0.320 e. The van der Waals surface area contributed by atoms with Gasteiger partial charge in [-0.1, -0.05) is 6.92 Å². The number of nitro groups is 1. The molecular formula is C11H16N4O3. The molecule has 1 aromatic rings. The monoisotopic (exact) mass is 252 g/mol. The molecule has 1 atom stereocenters. The number of likely N-dealkylation sites (tertiary alicyclic amines) is 1. The molecule has 2 rings (SSSR count). The zero-order chi connectivity index (χ0) is 13.3. The standard InChI is InChI=1S/C11H16N4O3/c1-8-4-3-5-14(6-8)11(16)10-9(15(17)18)7-13(2)12-10/h7-8H,3-6H2,1-2H3. The maximum absolute atomic E-state index is 12.2. The van der Waals surface area contributed by atoms with Crippen LogP contribution in [0.2, 0.25) is 0 Å². The molecule has 0 radical (unpaired) electrons. The van der Waals surface area contributed by atoms with E-state index in [0.717, 1.165) is 12.8 Å². The lowest BCUT2D eigenvalue weighted by Crippen LogP contribution is -2.39. The van der Waals surface area contributed by atoms with Gasteiger partial charge in [-0.05, 0) is 18.8 Å². The fraction of sp³-hybridized carbons (Fsp3) is 0.636. The number of hydrogen-bond donors (Lipinski definition) is 0. The fourth-order valence-corrected chi connectivity index (χ4v) is 2.29. The van der Waals surface area contributed by atoms with Gasteiger partial charge in [0, 0.05) is 20.1 Å². The third-order valence-corrected chi connectivity index (χ3v) is 3.15. The van der Waals surface area contributed by atoms with Crippen molar-refractivity contribution in [3.8, 4) is 0 Å². The molecular weight excluding hydrogens is 236 g/mol. The van der Waals surface area contributed by atoms with Crippen LogP contribution in [-0.2, 0) is 7.05 Å². The van der Waals surface area contributed by atoms with Gasteiger partial charge in [-0.3, -0.25) is 19.6 Å². The molecule has 7 nitrogen and oxygen atoms in total. The normalized spacial score (nSPS) is 19.9. The van der Waals surface area contributed by atoms with Gasteiger partial charge in [0.05, 0.1) is 4.92 Å². The summed E-state index contributed by atoms with van der Waals surface area (Å²) in [7, 11) is 1.57. The summed E-state index contributed by atoms with van der Waals surface area (Å²) in [5.74, 6) is 0.0966. The number of aryl methyl sites for hydroxylation is 1. The Morgan fingerprint density at radius 3 is 2.94 bits per heavy atom. The first-order valence-corrected chi connectivity index (χ1v) is 5.96. The molecule has 1 amide bonds. The summed E-state index contributed by atoms with van der Waals surface area (Å²) in [6.45, 7) is 3.37. The van der Waals surface area contributed by atoms with Crippen LogP contribution in [0.3, 0.4) is 0 Å². The predicted octanol–water partition coefficient (Wildman–Crippen LogP) is 1.20. The van der Waals surface area contributed by atoms with E-state index in [4.69, 9.17) is 0 Å². The Labute approximate surface area is 105 Å². The van der Waals surface area contributed by atoms with Gasteiger partial charge < -0.3 is 4.90 Å². The van der Waals surface area contributed by atoms with E-state index < -0.39 is 4.92 Å². The number of rotatable bonds is 2. The van der Waals surface area contributed by atoms with Gasteiger partial charge in [0.1, 0.15) is 6.20 Å². The number of amides is 1. The molecule has 1 aliphatic rings. The number of carbonyl (C=O) groups is 1. The Morgan fingerprint density at radius 2 is 2.33 bits per heavy atom. The molecule has 0 bridgehead atoms. The van der Waals surface area contributed by atoms with Crippen LogP contribution in [0.25, 0.3) is 0 Å². The van der Waals surface area contributed by atoms with Gasteiger partial charge in [0.15, 0.2) is 0 Å². The highest BCUT2D eigenvalue weighted by Crippen LogP contribution is 2.22. The molecule has 0 aliphatic carbocycles. The van der Waals surface area contributed by atoms with Crippen molar-refractivity contribution in [2.45, 2.75) is 19.8 Å². The zero-order valence-corrected chi connectivity index (χ0v) is 10.5. The molecule has 0 spiro atoms. The Balaban J connectivity index is 2.25. The van der Waals surface area contributed by atoms with Crippen molar-refractivity contribution in [2.75, 3.05) is 13.1 Å². The van der Waals surface area contributed by atoms with Gasteiger partial charge >= 0.3 is 5.69 Å². The van der Waals surface area contributed by atoms with Crippen molar-refractivity contribution in [1.82, 2.24) is 14.7 Å². The van der Waals surface area contributed by atoms with Crippen LogP contribution in [-0.4, -0.2) is 38.6 Å². The SMILES string of the molecule is CC1CCCN(C(=O)c2nn(C)cc2[N+](=O)[O-])C1. The molecule has 1 aliphatic heterocycles. The summed E-state index contributed by atoms with van der Waals surface area (Å²) in [6.07, 6.45) is 3.29. The lowest BCUT2D eigenvalue weighted by Gasteiger charge is -2.30. The largest absolute Gasteiger partial charge is 0.337 e. The Morgan fingerprint density at radius 1 is 1.61 bits per heavy atom. The summed E-state index contributed by atoms with van der Waals surface area (Å²) in [5.41, 5.74) is -0.280. The van der Waals surface area contributed by atoms with Gasteiger partial charge in [0.25, 0.3) is 5.91 Å². The Kier molecular flexibility index (Phi) is 3.31. The van der Waals surface area contributed by atoms with Crippen LogP contribution in [0.4, 0.5) is 5.69 Å². The molecule has 0 aromatic carbocycles. The third kappa shape index (κ3) is 2.34. The van der Waals surface area contributed by atoms with E-state index in [-0.39, 0.29) is 17.3 Å². The molecule has 7 heteroatoms. The molecule has 0 saturated carbocycles. The van der Waals surface area contributed by atoms with E-state index in [2.05, 4.69) is 12.0 Å². The highest BCUT2D eigenvalue weighted by Gasteiger charge is 2.30. The van der Waals surface area contributed by atoms with Crippen LogP contribution < -0.4 is 0 Å². The quantitative estimate of drug-likeness (QED) is 0.585. The second kappa shape index (κ2) is 4.75. The average Bonchev–Trinajstić information content (AvgIpc) is 2.70. The molecule has 2 heterocycles. The first-order valence-electron chi connectivity index (χ1n) is 5.96. The minimum atomic E-state index is -0.562. The molecule has 1 aromatic heterocycles. The van der Waals surface area contributed by atoms with E-state index in [0.29, 0.717) is 19.0 Å². The number of piperidine rings is 1. The zero-order valence-electron chi connectivity index (χ0n) is 10.5. The van der Waals surface area contributed by atoms with Crippen LogP contribution >= 0.6 is 0 Å². The first-order chi connectivity index (χ1) is 8.49. The lowest BCUT2D eigenvalue weighted by atomic mass is 10.00. The maximum Gasteiger partial charge on any atom is 0.320 e. The van der Waals surface area contributed by atoms with Crippen molar-refractivity contribution in [3.63, 3.8) is 0 Å². The molecule has 1 saturated heterocycles. The minimum Gasteiger partial charge on any atom is -0.337 e. The van der Waals surface area contributed by atoms with Gasteiger partial charge in [-0.2, -0.15) is 5.10 Å². The van der Waals surface area contributed by atoms with Crippen molar-refractivity contribution in [2.24, 2.45) is 13.0 Å². The highest BCUT2D eigenvalue weighted by atomic mass is 16.6. The summed E-state index contributed by atoms with van der Waals surface area (Å²) in [6, 6.07) is 0. The van der Waals surface area contributed by atoms with E-state index in [9.17, 15) is 14.9 Å². The Bertz CT molecular complexity index is 483. The topological polar surface area (TPSA) is 81.3 Å². The van der Waals surface area contributed by atoms with E-state index in [1.165, 1.54) is 10.9 Å². The van der Waals surface area contributed by atoms with Crippen molar-refractivity contribution < 1.29 is 9.72 Å². The summed E-state index contributed by atoms with van der Waals surface area (Å²) in [4.78, 5) is 24.2. The number of aromatic nitrogens is 2. The fourth-order valence-electron chi connectivity index (χ4n) is 2.29. The van der Waals surface area contributed by atoms with Crippen LogP contribution in [0.15, 0.2) is 6.20 Å². The van der Waals surface area contributed by atoms with Gasteiger partial charge in [-0.25, -0.2) is 0 Å². The minimum absolute atomic E-state index is 0.0587. The van der Waals surface area contributed by atoms with E-state index in [1.807, 2.05) is 0 Å². The summed E-state index contributed by atoms with van der Waals surface area (Å²) < 4.78 is 1.30. The van der Waals surface area contributed by atoms with Crippen LogP contribution in [0.5, 0.6) is 0 Å². The highest BCUT2D eigenvalue weighted by molar-refractivity contribution is 5.96. The predicted molar refractivity (Wildman–Crippen MR) is 64.2 cm³/mol. The van der Waals surface area contributed by atoms with Crippen molar-refractivity contribution in [1.29, 1.82) is 0 Å². The second-order valence-corrected chi connectivity index (χ2v) is 4.79. The summed E-state index contributed by atoms with van der Waals surface area (Å²) in [5, 5.41) is 14.8. The number of hydrogen-bond acceptors (Lipinski definition) is 4. The maximum atomic E-state index is 12.2. The second-order valence-electron chi connectivity index (χ2n) is 4.79. The summed E-state index contributed by atoms with van der Waals surface area (Å²) >= 11 is 0. The van der Waals surface area contributed by atoms with Crippen LogP contribution in [0.1, 0.15) is 30.3 Å². The van der Waals surface area contributed by atoms with E-state index in [1.54, 1.807) is 11.9 Å². The molecule has 1 fully saturated rings. The van der Waals surface area contributed by atoms with Crippen molar-refractivity contribution in [3.05, 3.63) is 22.0 Å². The average molecular weight is 252 g/mol. The number of carbonyl (C=O) groups excluding carboxylic acids is 1. The Hall–Kier alpha value is -1.92. The van der Waals surface area contributed by atoms with Crippen LogP contribution in [0, 0.1) is 16.0 Å². The molecule has 98 valence electrons. The first kappa shape index (κ1) is 12.5. The molecule has 0 N–H and O–H groups in total. The van der Waals surface area contributed by atoms with Crippen molar-refractivity contribution >= 4 is 11.6 Å². The van der Waals surface area contributed by atoms with Gasteiger partial charge in [0.2, 0.25) is 5.69 Å². The lowest BCUT2D eigenvalue weighted by molar-refractivity contribution is -0.385. The van der Waals surface area contributed by atoms with E-state index >= 15 is 0 Å². The number of nitrogens with zero attached hydrogens (tertiary/aromatic N) is 4. The molecule has 1 unspecified atom stereocenters. The van der Waals surface area contributed by atoms with Gasteiger partial charge in [-0.15, -0.1) is 0 Å². The third-order valence-electron chi connectivity index (χ3n) is 3.15. The molecule has 18 heavy (non-hydrogen) atoms.